The summed E-state index contributed by atoms with van der Waals surface area (Å²) in [6.45, 7) is 8.55. The van der Waals surface area contributed by atoms with Crippen molar-refractivity contribution >= 4 is 22.9 Å². The number of hydrogen-bond donors (Lipinski definition) is 2. The van der Waals surface area contributed by atoms with Crippen molar-refractivity contribution < 1.29 is 5.11 Å². The van der Waals surface area contributed by atoms with Gasteiger partial charge in [-0.1, -0.05) is 12.1 Å². The third-order valence-electron chi connectivity index (χ3n) is 5.70. The van der Waals surface area contributed by atoms with Crippen LogP contribution in [0.25, 0.3) is 16.7 Å². The smallest absolute Gasteiger partial charge is 0.335 e. The number of nitrogens with zero attached hydrogens (tertiary/aromatic N) is 4. The molecule has 2 N–H and O–H groups in total. The second-order valence-corrected chi connectivity index (χ2v) is 7.82. The average molecular weight is 447 g/mol. The number of H-pyrrole nitrogens is 1. The van der Waals surface area contributed by atoms with Crippen LogP contribution in [0.4, 0.5) is 5.69 Å². The van der Waals surface area contributed by atoms with Gasteiger partial charge in [0.05, 0.1) is 22.4 Å². The molecule has 0 radical (unpaired) electrons. The Morgan fingerprint density at radius 2 is 1.67 bits per heavy atom. The lowest BCUT2D eigenvalue weighted by atomic mass is 10.1. The van der Waals surface area contributed by atoms with E-state index in [0.717, 1.165) is 26.7 Å². The predicted molar refractivity (Wildman–Crippen MR) is 129 cm³/mol. The highest BCUT2D eigenvalue weighted by molar-refractivity contribution is 5.86. The number of hydrogen-bond acceptors (Lipinski definition) is 5. The standard InChI is InChI=1S/C24H25N5O4/c1-5-27-18-10-9-16(12-20(18)28(6-2)24(27)33)25-13-17-21(30)26-23(32)29(22(17)31)19-11-14(3)7-8-15(19)4/h7-13,31H,5-6H2,1-4H3,(H,26,30,32). The molecule has 33 heavy (non-hydrogen) atoms. The molecular weight excluding hydrogens is 422 g/mol. The van der Waals surface area contributed by atoms with E-state index >= 15 is 0 Å². The predicted octanol–water partition coefficient (Wildman–Crippen LogP) is 2.76. The fourth-order valence-electron chi connectivity index (χ4n) is 3.98. The van der Waals surface area contributed by atoms with E-state index in [0.29, 0.717) is 24.5 Å². The van der Waals surface area contributed by atoms with Gasteiger partial charge in [-0.3, -0.25) is 23.9 Å². The maximum atomic E-state index is 12.6. The summed E-state index contributed by atoms with van der Waals surface area (Å²) in [5.41, 5.74) is 2.45. The van der Waals surface area contributed by atoms with Crippen LogP contribution >= 0.6 is 0 Å². The molecule has 2 aromatic heterocycles. The van der Waals surface area contributed by atoms with Crippen LogP contribution in [-0.2, 0) is 13.1 Å². The molecule has 0 saturated heterocycles. The van der Waals surface area contributed by atoms with Crippen LogP contribution in [-0.4, -0.2) is 30.0 Å². The van der Waals surface area contributed by atoms with Crippen molar-refractivity contribution in [3.8, 4) is 11.6 Å². The maximum Gasteiger partial charge on any atom is 0.335 e. The molecule has 0 aliphatic rings. The molecule has 2 aromatic carbocycles. The Hall–Kier alpha value is -4.14. The number of aromatic hydroxyl groups is 1. The fraction of sp³-hybridized carbons (Fsp3) is 0.250. The Morgan fingerprint density at radius 3 is 2.36 bits per heavy atom. The number of imidazole rings is 1. The van der Waals surface area contributed by atoms with Crippen LogP contribution in [0.1, 0.15) is 30.5 Å². The molecule has 0 saturated carbocycles. The molecule has 0 unspecified atom stereocenters. The zero-order valence-corrected chi connectivity index (χ0v) is 18.9. The summed E-state index contributed by atoms with van der Waals surface area (Å²) < 4.78 is 4.40. The topological polar surface area (TPSA) is 114 Å². The Kier molecular flexibility index (Phi) is 5.63. The number of aromatic nitrogens is 4. The first-order chi connectivity index (χ1) is 15.8. The molecular formula is C24H25N5O4. The van der Waals surface area contributed by atoms with Gasteiger partial charge in [-0.2, -0.15) is 0 Å². The van der Waals surface area contributed by atoms with Gasteiger partial charge in [0, 0.05) is 19.3 Å². The van der Waals surface area contributed by atoms with Crippen molar-refractivity contribution in [1.82, 2.24) is 18.7 Å². The minimum atomic E-state index is -0.744. The van der Waals surface area contributed by atoms with E-state index < -0.39 is 17.1 Å². The molecule has 0 spiro atoms. The monoisotopic (exact) mass is 447 g/mol. The van der Waals surface area contributed by atoms with E-state index in [2.05, 4.69) is 9.98 Å². The van der Waals surface area contributed by atoms with E-state index in [4.69, 9.17) is 0 Å². The Bertz CT molecular complexity index is 1580. The number of aryl methyl sites for hydroxylation is 4. The molecule has 170 valence electrons. The first-order valence-corrected chi connectivity index (χ1v) is 10.7. The third-order valence-corrected chi connectivity index (χ3v) is 5.70. The van der Waals surface area contributed by atoms with E-state index in [-0.39, 0.29) is 11.3 Å². The van der Waals surface area contributed by atoms with E-state index in [9.17, 15) is 19.5 Å². The van der Waals surface area contributed by atoms with Crippen molar-refractivity contribution in [2.24, 2.45) is 4.99 Å². The number of nitrogens with one attached hydrogen (secondary N) is 1. The van der Waals surface area contributed by atoms with Gasteiger partial charge in [-0.05, 0) is 63.1 Å². The Balaban J connectivity index is 1.85. The van der Waals surface area contributed by atoms with Crippen LogP contribution in [0.5, 0.6) is 5.88 Å². The summed E-state index contributed by atoms with van der Waals surface area (Å²) in [6.07, 6.45) is 1.22. The van der Waals surface area contributed by atoms with Gasteiger partial charge in [-0.25, -0.2) is 14.2 Å². The zero-order valence-electron chi connectivity index (χ0n) is 18.9. The van der Waals surface area contributed by atoms with Crippen LogP contribution in [0.3, 0.4) is 0 Å². The van der Waals surface area contributed by atoms with Crippen molar-refractivity contribution in [2.45, 2.75) is 40.8 Å². The van der Waals surface area contributed by atoms with E-state index in [1.54, 1.807) is 33.4 Å². The first-order valence-electron chi connectivity index (χ1n) is 10.7. The van der Waals surface area contributed by atoms with Gasteiger partial charge in [-0.15, -0.1) is 0 Å². The van der Waals surface area contributed by atoms with Crippen LogP contribution in [0, 0.1) is 13.8 Å². The molecule has 0 aliphatic carbocycles. The van der Waals surface area contributed by atoms with Crippen molar-refractivity contribution in [1.29, 1.82) is 0 Å². The highest BCUT2D eigenvalue weighted by Gasteiger charge is 2.16. The highest BCUT2D eigenvalue weighted by Crippen LogP contribution is 2.23. The summed E-state index contributed by atoms with van der Waals surface area (Å²) in [5.74, 6) is -0.495. The van der Waals surface area contributed by atoms with E-state index in [1.807, 2.05) is 39.8 Å². The zero-order chi connectivity index (χ0) is 23.9. The van der Waals surface area contributed by atoms with E-state index in [1.165, 1.54) is 6.21 Å². The van der Waals surface area contributed by atoms with Crippen LogP contribution in [0.2, 0.25) is 0 Å². The van der Waals surface area contributed by atoms with Gasteiger partial charge in [0.15, 0.2) is 0 Å². The van der Waals surface area contributed by atoms with Crippen LogP contribution in [0.15, 0.2) is 55.8 Å². The average Bonchev–Trinajstić information content (AvgIpc) is 3.05. The summed E-state index contributed by atoms with van der Waals surface area (Å²) in [5, 5.41) is 10.8. The second-order valence-electron chi connectivity index (χ2n) is 7.82. The number of benzene rings is 2. The minimum absolute atomic E-state index is 0.0918. The lowest BCUT2D eigenvalue weighted by Gasteiger charge is -2.12. The number of fused-ring (bicyclic) bond motifs is 1. The molecule has 4 aromatic rings. The van der Waals surface area contributed by atoms with Gasteiger partial charge in [0.2, 0.25) is 5.88 Å². The molecule has 0 fully saturated rings. The molecule has 0 bridgehead atoms. The number of rotatable bonds is 5. The van der Waals surface area contributed by atoms with Gasteiger partial charge in [0.1, 0.15) is 5.56 Å². The second kappa shape index (κ2) is 8.42. The van der Waals surface area contributed by atoms with Crippen molar-refractivity contribution in [3.63, 3.8) is 0 Å². The molecule has 0 amide bonds. The summed E-state index contributed by atoms with van der Waals surface area (Å²) >= 11 is 0. The normalized spacial score (nSPS) is 11.6. The SMILES string of the molecule is CCn1c(=O)n(CC)c2cc(N=Cc3c(O)n(-c4cc(C)ccc4C)c(=O)[nH]c3=O)ccc21. The summed E-state index contributed by atoms with van der Waals surface area (Å²) in [6, 6.07) is 10.8. The molecule has 0 atom stereocenters. The molecule has 9 heteroatoms. The third kappa shape index (κ3) is 3.71. The number of aliphatic imine (C=N–C) groups is 1. The fourth-order valence-corrected chi connectivity index (χ4v) is 3.98. The Morgan fingerprint density at radius 1 is 0.970 bits per heavy atom. The quantitative estimate of drug-likeness (QED) is 0.458. The largest absolute Gasteiger partial charge is 0.493 e. The lowest BCUT2D eigenvalue weighted by Crippen LogP contribution is -2.31. The van der Waals surface area contributed by atoms with Crippen molar-refractivity contribution in [3.05, 3.63) is 84.4 Å². The van der Waals surface area contributed by atoms with Gasteiger partial charge in [0.25, 0.3) is 5.56 Å². The first kappa shape index (κ1) is 22.1. The van der Waals surface area contributed by atoms with Gasteiger partial charge < -0.3 is 5.11 Å². The molecule has 2 heterocycles. The molecule has 4 rings (SSSR count). The minimum Gasteiger partial charge on any atom is -0.493 e. The summed E-state index contributed by atoms with van der Waals surface area (Å²) in [7, 11) is 0. The number of aromatic amines is 1. The lowest BCUT2D eigenvalue weighted by molar-refractivity contribution is 0.430. The van der Waals surface area contributed by atoms with Gasteiger partial charge >= 0.3 is 11.4 Å². The maximum absolute atomic E-state index is 12.6. The molecule has 9 nitrogen and oxygen atoms in total. The van der Waals surface area contributed by atoms with Crippen molar-refractivity contribution in [2.75, 3.05) is 0 Å². The highest BCUT2D eigenvalue weighted by atomic mass is 16.3. The van der Waals surface area contributed by atoms with Crippen LogP contribution < -0.4 is 16.9 Å². The molecule has 0 aliphatic heterocycles. The summed E-state index contributed by atoms with van der Waals surface area (Å²) in [4.78, 5) is 44.1. The Labute approximate surface area is 188 Å².